The standard InChI is InChI=1S/C13H21ClN2OS/c1-2-11(10-17)16-7-5-15(6-8-16)9-12-3-4-13(14)18-12/h3-4,11,17H,2,5-10H2,1H3. The highest BCUT2D eigenvalue weighted by atomic mass is 35.5. The molecule has 2 rings (SSSR count). The lowest BCUT2D eigenvalue weighted by atomic mass is 10.1. The van der Waals surface area contributed by atoms with Gasteiger partial charge in [-0.3, -0.25) is 9.80 Å². The Morgan fingerprint density at radius 2 is 2.06 bits per heavy atom. The lowest BCUT2D eigenvalue weighted by Crippen LogP contribution is -2.50. The van der Waals surface area contributed by atoms with Crippen LogP contribution in [0, 0.1) is 0 Å². The van der Waals surface area contributed by atoms with Crippen molar-refractivity contribution >= 4 is 22.9 Å². The number of aliphatic hydroxyl groups is 1. The van der Waals surface area contributed by atoms with Crippen molar-refractivity contribution < 1.29 is 5.11 Å². The summed E-state index contributed by atoms with van der Waals surface area (Å²) in [5.41, 5.74) is 0. The van der Waals surface area contributed by atoms with E-state index in [0.29, 0.717) is 6.04 Å². The van der Waals surface area contributed by atoms with E-state index in [-0.39, 0.29) is 6.61 Å². The molecule has 1 unspecified atom stereocenters. The van der Waals surface area contributed by atoms with Gasteiger partial charge in [-0.05, 0) is 18.6 Å². The summed E-state index contributed by atoms with van der Waals surface area (Å²) in [5.74, 6) is 0. The summed E-state index contributed by atoms with van der Waals surface area (Å²) >= 11 is 7.61. The molecular weight excluding hydrogens is 268 g/mol. The molecule has 0 amide bonds. The molecule has 1 fully saturated rings. The fourth-order valence-electron chi connectivity index (χ4n) is 2.45. The first kappa shape index (κ1) is 14.3. The number of aliphatic hydroxyl groups excluding tert-OH is 1. The van der Waals surface area contributed by atoms with Crippen LogP contribution in [-0.2, 0) is 6.54 Å². The van der Waals surface area contributed by atoms with Gasteiger partial charge in [0, 0.05) is 43.6 Å². The third-order valence-corrected chi connectivity index (χ3v) is 4.83. The van der Waals surface area contributed by atoms with E-state index in [0.717, 1.165) is 43.5 Å². The molecule has 0 bridgehead atoms. The van der Waals surface area contributed by atoms with Crippen molar-refractivity contribution in [3.8, 4) is 0 Å². The highest BCUT2D eigenvalue weighted by Crippen LogP contribution is 2.23. The number of piperazine rings is 1. The van der Waals surface area contributed by atoms with Crippen LogP contribution in [-0.4, -0.2) is 53.7 Å². The largest absolute Gasteiger partial charge is 0.395 e. The number of hydrogen-bond acceptors (Lipinski definition) is 4. The van der Waals surface area contributed by atoms with E-state index in [4.69, 9.17) is 11.6 Å². The molecule has 102 valence electrons. The molecule has 1 aromatic rings. The summed E-state index contributed by atoms with van der Waals surface area (Å²) in [5, 5.41) is 9.31. The van der Waals surface area contributed by atoms with E-state index in [9.17, 15) is 5.11 Å². The maximum Gasteiger partial charge on any atom is 0.0931 e. The van der Waals surface area contributed by atoms with Gasteiger partial charge < -0.3 is 5.11 Å². The number of halogens is 1. The maximum absolute atomic E-state index is 9.31. The van der Waals surface area contributed by atoms with E-state index in [1.165, 1.54) is 4.88 Å². The number of thiophene rings is 1. The van der Waals surface area contributed by atoms with Gasteiger partial charge in [0.15, 0.2) is 0 Å². The SMILES string of the molecule is CCC(CO)N1CCN(Cc2ccc(Cl)s2)CC1. The van der Waals surface area contributed by atoms with Crippen molar-refractivity contribution in [3.05, 3.63) is 21.3 Å². The fourth-order valence-corrected chi connectivity index (χ4v) is 3.58. The average Bonchev–Trinajstić information content (AvgIpc) is 2.78. The summed E-state index contributed by atoms with van der Waals surface area (Å²) in [6.07, 6.45) is 1.02. The quantitative estimate of drug-likeness (QED) is 0.901. The Hall–Kier alpha value is -0.130. The zero-order valence-corrected chi connectivity index (χ0v) is 12.4. The van der Waals surface area contributed by atoms with Crippen molar-refractivity contribution in [2.24, 2.45) is 0 Å². The van der Waals surface area contributed by atoms with E-state index in [2.05, 4.69) is 22.8 Å². The molecule has 3 nitrogen and oxygen atoms in total. The normalized spacial score (nSPS) is 20.2. The molecule has 0 aliphatic carbocycles. The Morgan fingerprint density at radius 3 is 2.56 bits per heavy atom. The zero-order valence-electron chi connectivity index (χ0n) is 10.8. The first-order valence-electron chi connectivity index (χ1n) is 6.54. The van der Waals surface area contributed by atoms with Gasteiger partial charge in [-0.2, -0.15) is 0 Å². The first-order chi connectivity index (χ1) is 8.72. The monoisotopic (exact) mass is 288 g/mol. The summed E-state index contributed by atoms with van der Waals surface area (Å²) < 4.78 is 0.870. The van der Waals surface area contributed by atoms with Gasteiger partial charge >= 0.3 is 0 Å². The predicted molar refractivity (Wildman–Crippen MR) is 77.3 cm³/mol. The summed E-state index contributed by atoms with van der Waals surface area (Å²) in [4.78, 5) is 6.20. The molecule has 0 aromatic carbocycles. The first-order valence-corrected chi connectivity index (χ1v) is 7.74. The third-order valence-electron chi connectivity index (χ3n) is 3.61. The Bertz CT molecular complexity index is 360. The molecule has 5 heteroatoms. The van der Waals surface area contributed by atoms with Crippen LogP contribution >= 0.6 is 22.9 Å². The Balaban J connectivity index is 1.79. The lowest BCUT2D eigenvalue weighted by Gasteiger charge is -2.38. The minimum atomic E-state index is 0.275. The molecule has 1 saturated heterocycles. The van der Waals surface area contributed by atoms with Gasteiger partial charge in [-0.15, -0.1) is 11.3 Å². The van der Waals surface area contributed by atoms with Crippen LogP contribution < -0.4 is 0 Å². The van der Waals surface area contributed by atoms with Gasteiger partial charge in [-0.1, -0.05) is 18.5 Å². The second-order valence-corrected chi connectivity index (χ2v) is 6.56. The Kier molecular flexibility index (Phi) is 5.45. The van der Waals surface area contributed by atoms with Crippen molar-refractivity contribution in [1.82, 2.24) is 9.80 Å². The molecule has 0 saturated carbocycles. The van der Waals surface area contributed by atoms with E-state index < -0.39 is 0 Å². The number of hydrogen-bond donors (Lipinski definition) is 1. The lowest BCUT2D eigenvalue weighted by molar-refractivity contribution is 0.0612. The smallest absolute Gasteiger partial charge is 0.0931 e. The Labute approximate surface area is 118 Å². The molecule has 0 radical (unpaired) electrons. The molecular formula is C13H21ClN2OS. The molecule has 1 atom stereocenters. The number of rotatable bonds is 5. The Morgan fingerprint density at radius 1 is 1.33 bits per heavy atom. The zero-order chi connectivity index (χ0) is 13.0. The highest BCUT2D eigenvalue weighted by molar-refractivity contribution is 7.16. The van der Waals surface area contributed by atoms with Crippen LogP contribution in [0.15, 0.2) is 12.1 Å². The van der Waals surface area contributed by atoms with Crippen molar-refractivity contribution in [2.45, 2.75) is 25.9 Å². The predicted octanol–water partition coefficient (Wildman–Crippen LogP) is 2.29. The molecule has 1 aliphatic rings. The minimum Gasteiger partial charge on any atom is -0.395 e. The molecule has 1 N–H and O–H groups in total. The van der Waals surface area contributed by atoms with Crippen LogP contribution in [0.2, 0.25) is 4.34 Å². The molecule has 18 heavy (non-hydrogen) atoms. The van der Waals surface area contributed by atoms with E-state index >= 15 is 0 Å². The van der Waals surface area contributed by atoms with Gasteiger partial charge in [0.25, 0.3) is 0 Å². The molecule has 2 heterocycles. The van der Waals surface area contributed by atoms with Gasteiger partial charge in [0.2, 0.25) is 0 Å². The second-order valence-electron chi connectivity index (χ2n) is 4.76. The average molecular weight is 289 g/mol. The summed E-state index contributed by atoms with van der Waals surface area (Å²) in [7, 11) is 0. The minimum absolute atomic E-state index is 0.275. The third kappa shape index (κ3) is 3.68. The van der Waals surface area contributed by atoms with E-state index in [1.807, 2.05) is 6.07 Å². The van der Waals surface area contributed by atoms with Crippen molar-refractivity contribution in [3.63, 3.8) is 0 Å². The van der Waals surface area contributed by atoms with Crippen LogP contribution in [0.5, 0.6) is 0 Å². The summed E-state index contributed by atoms with van der Waals surface area (Å²) in [6.45, 7) is 7.67. The maximum atomic E-state index is 9.31. The van der Waals surface area contributed by atoms with Crippen LogP contribution in [0.1, 0.15) is 18.2 Å². The second kappa shape index (κ2) is 6.87. The van der Waals surface area contributed by atoms with Crippen molar-refractivity contribution in [1.29, 1.82) is 0 Å². The highest BCUT2D eigenvalue weighted by Gasteiger charge is 2.22. The molecule has 1 aromatic heterocycles. The fraction of sp³-hybridized carbons (Fsp3) is 0.692. The summed E-state index contributed by atoms with van der Waals surface area (Å²) in [6, 6.07) is 4.42. The van der Waals surface area contributed by atoms with Crippen molar-refractivity contribution in [2.75, 3.05) is 32.8 Å². The van der Waals surface area contributed by atoms with Crippen LogP contribution in [0.4, 0.5) is 0 Å². The van der Waals surface area contributed by atoms with E-state index in [1.54, 1.807) is 11.3 Å². The topological polar surface area (TPSA) is 26.7 Å². The van der Waals surface area contributed by atoms with Gasteiger partial charge in [-0.25, -0.2) is 0 Å². The molecule has 1 aliphatic heterocycles. The van der Waals surface area contributed by atoms with Gasteiger partial charge in [0.05, 0.1) is 10.9 Å². The van der Waals surface area contributed by atoms with Crippen LogP contribution in [0.3, 0.4) is 0 Å². The number of nitrogens with zero attached hydrogens (tertiary/aromatic N) is 2. The van der Waals surface area contributed by atoms with Crippen LogP contribution in [0.25, 0.3) is 0 Å². The van der Waals surface area contributed by atoms with Gasteiger partial charge in [0.1, 0.15) is 0 Å². The molecule has 0 spiro atoms.